The first-order valence-electron chi connectivity index (χ1n) is 7.00. The Hall–Kier alpha value is -0.570. The minimum Gasteiger partial charge on any atom is -0.460 e. The lowest BCUT2D eigenvalue weighted by Gasteiger charge is -2.24. The predicted octanol–water partition coefficient (Wildman–Crippen LogP) is 4.99. The Labute approximate surface area is 125 Å². The van der Waals surface area contributed by atoms with E-state index >= 15 is 0 Å². The van der Waals surface area contributed by atoms with Crippen LogP contribution in [0.2, 0.25) is 0 Å². The molecule has 0 unspecified atom stereocenters. The van der Waals surface area contributed by atoms with Crippen molar-refractivity contribution < 1.29 is 9.53 Å². The molecule has 0 aliphatic heterocycles. The van der Waals surface area contributed by atoms with E-state index in [2.05, 4.69) is 35.0 Å². The summed E-state index contributed by atoms with van der Waals surface area (Å²) in [5.74, 6) is -0.0504. The number of hydrogen-bond donors (Lipinski definition) is 0. The number of halogens is 1. The van der Waals surface area contributed by atoms with Crippen LogP contribution in [0, 0.1) is 11.8 Å². The summed E-state index contributed by atoms with van der Waals surface area (Å²) in [4.78, 5) is 12.0. The zero-order valence-electron chi connectivity index (χ0n) is 12.6. The van der Waals surface area contributed by atoms with Crippen molar-refractivity contribution in [1.29, 1.82) is 0 Å². The average molecular weight is 329 g/mol. The third-order valence-corrected chi connectivity index (χ3v) is 4.14. The number of hydrogen-bond acceptors (Lipinski definition) is 2. The summed E-state index contributed by atoms with van der Waals surface area (Å²) in [5.41, 5.74) is 0.901. The lowest BCUT2D eigenvalue weighted by molar-refractivity contribution is -0.160. The van der Waals surface area contributed by atoms with Crippen LogP contribution >= 0.6 is 15.9 Å². The van der Waals surface area contributed by atoms with Crippen molar-refractivity contribution in [2.24, 2.45) is 11.8 Å². The van der Waals surface area contributed by atoms with Crippen LogP contribution in [0.1, 0.15) is 53.9 Å². The predicted molar refractivity (Wildman–Crippen MR) is 83.1 cm³/mol. The molecule has 0 spiro atoms. The van der Waals surface area contributed by atoms with Gasteiger partial charge in [-0.2, -0.15) is 0 Å². The van der Waals surface area contributed by atoms with Crippen LogP contribution in [0.3, 0.4) is 0 Å². The fraction of sp³-hybridized carbons (Fsp3) is 0.688. The molecule has 0 saturated heterocycles. The fourth-order valence-electron chi connectivity index (χ4n) is 2.01. The average Bonchev–Trinajstić information content (AvgIpc) is 2.28. The van der Waals surface area contributed by atoms with E-state index in [1.807, 2.05) is 27.7 Å². The van der Waals surface area contributed by atoms with Gasteiger partial charge in [-0.15, -0.1) is 0 Å². The molecule has 0 saturated carbocycles. The number of ether oxygens (including phenoxy) is 1. The highest BCUT2D eigenvalue weighted by Gasteiger charge is 2.25. The Kier molecular flexibility index (Phi) is 5.84. The molecule has 0 bridgehead atoms. The Morgan fingerprint density at radius 1 is 1.42 bits per heavy atom. The van der Waals surface area contributed by atoms with Crippen LogP contribution < -0.4 is 0 Å². The Balaban J connectivity index is 2.69. The first-order valence-corrected chi connectivity index (χ1v) is 7.79. The molecule has 1 aliphatic carbocycles. The highest BCUT2D eigenvalue weighted by atomic mass is 79.9. The van der Waals surface area contributed by atoms with Crippen molar-refractivity contribution >= 4 is 21.9 Å². The van der Waals surface area contributed by atoms with Crippen molar-refractivity contribution in [3.8, 4) is 0 Å². The molecule has 0 aromatic rings. The van der Waals surface area contributed by atoms with E-state index in [4.69, 9.17) is 4.74 Å². The quantitative estimate of drug-likeness (QED) is 0.682. The van der Waals surface area contributed by atoms with E-state index in [1.54, 1.807) is 0 Å². The van der Waals surface area contributed by atoms with Gasteiger partial charge in [0.05, 0.1) is 5.92 Å². The molecular formula is C16H25BrO2. The maximum Gasteiger partial charge on any atom is 0.309 e. The van der Waals surface area contributed by atoms with E-state index in [0.717, 1.165) is 12.8 Å². The van der Waals surface area contributed by atoms with Gasteiger partial charge in [-0.1, -0.05) is 41.9 Å². The van der Waals surface area contributed by atoms with E-state index in [9.17, 15) is 4.79 Å². The molecule has 3 heteroatoms. The van der Waals surface area contributed by atoms with Crippen molar-refractivity contribution in [1.82, 2.24) is 0 Å². The van der Waals surface area contributed by atoms with Crippen LogP contribution in [-0.4, -0.2) is 11.6 Å². The summed E-state index contributed by atoms with van der Waals surface area (Å²) in [6, 6.07) is 0. The van der Waals surface area contributed by atoms with Gasteiger partial charge in [-0.3, -0.25) is 4.79 Å². The standard InChI is InChI=1S/C16H25BrO2/c1-11(10-13-8-6-7-9-14(13)17)12(2)15(18)19-16(3,4)5/h9-12H,6-8H2,1-5H3/b13-10-/t11-,12-/m1/s1. The molecule has 0 radical (unpaired) electrons. The zero-order valence-corrected chi connectivity index (χ0v) is 14.2. The number of carbonyl (C=O) groups excluding carboxylic acids is 1. The maximum atomic E-state index is 12.0. The second-order valence-corrected chi connectivity index (χ2v) is 7.17. The molecule has 0 aromatic carbocycles. The Morgan fingerprint density at radius 2 is 2.05 bits per heavy atom. The summed E-state index contributed by atoms with van der Waals surface area (Å²) in [5, 5.41) is 0. The maximum absolute atomic E-state index is 12.0. The number of rotatable bonds is 3. The van der Waals surface area contributed by atoms with Gasteiger partial charge in [0, 0.05) is 4.48 Å². The van der Waals surface area contributed by atoms with Gasteiger partial charge >= 0.3 is 5.97 Å². The first-order chi connectivity index (χ1) is 8.70. The Morgan fingerprint density at radius 3 is 2.58 bits per heavy atom. The molecule has 1 rings (SSSR count). The van der Waals surface area contributed by atoms with Gasteiger partial charge in [0.1, 0.15) is 5.60 Å². The van der Waals surface area contributed by atoms with Gasteiger partial charge in [0.15, 0.2) is 0 Å². The van der Waals surface area contributed by atoms with E-state index < -0.39 is 5.60 Å². The molecule has 0 heterocycles. The summed E-state index contributed by atoms with van der Waals surface area (Å²) < 4.78 is 6.62. The van der Waals surface area contributed by atoms with Crippen molar-refractivity contribution in [2.45, 2.75) is 59.5 Å². The van der Waals surface area contributed by atoms with Crippen LogP contribution in [0.4, 0.5) is 0 Å². The highest BCUT2D eigenvalue weighted by molar-refractivity contribution is 9.12. The lowest BCUT2D eigenvalue weighted by atomic mass is 9.91. The second-order valence-electron chi connectivity index (χ2n) is 6.32. The highest BCUT2D eigenvalue weighted by Crippen LogP contribution is 2.31. The number of esters is 1. The lowest BCUT2D eigenvalue weighted by Crippen LogP contribution is -2.30. The van der Waals surface area contributed by atoms with Gasteiger partial charge < -0.3 is 4.74 Å². The molecule has 108 valence electrons. The summed E-state index contributed by atoms with van der Waals surface area (Å²) in [6.45, 7) is 9.73. The molecule has 2 atom stereocenters. The SMILES string of the molecule is C[C@H](/C=C1/CCCC=C1Br)[C@@H](C)C(=O)OC(C)(C)C. The number of carbonyl (C=O) groups is 1. The van der Waals surface area contributed by atoms with Crippen molar-refractivity contribution in [2.75, 3.05) is 0 Å². The monoisotopic (exact) mass is 328 g/mol. The first kappa shape index (κ1) is 16.5. The minimum atomic E-state index is -0.413. The molecule has 0 fully saturated rings. The van der Waals surface area contributed by atoms with Crippen molar-refractivity contribution in [3.05, 3.63) is 22.2 Å². The van der Waals surface area contributed by atoms with Gasteiger partial charge in [-0.05, 0) is 51.5 Å². The molecule has 19 heavy (non-hydrogen) atoms. The van der Waals surface area contributed by atoms with E-state index in [0.29, 0.717) is 0 Å². The van der Waals surface area contributed by atoms with Gasteiger partial charge in [-0.25, -0.2) is 0 Å². The normalized spacial score (nSPS) is 21.8. The van der Waals surface area contributed by atoms with E-state index in [1.165, 1.54) is 16.5 Å². The summed E-state index contributed by atoms with van der Waals surface area (Å²) >= 11 is 3.59. The topological polar surface area (TPSA) is 26.3 Å². The van der Waals surface area contributed by atoms with Crippen molar-refractivity contribution in [3.63, 3.8) is 0 Å². The van der Waals surface area contributed by atoms with Crippen LogP contribution in [-0.2, 0) is 9.53 Å². The fourth-order valence-corrected chi connectivity index (χ4v) is 2.57. The number of allylic oxidation sites excluding steroid dienone is 4. The minimum absolute atomic E-state index is 0.117. The van der Waals surface area contributed by atoms with Gasteiger partial charge in [0.2, 0.25) is 0 Å². The summed E-state index contributed by atoms with van der Waals surface area (Å²) in [7, 11) is 0. The third kappa shape index (κ3) is 5.52. The molecule has 0 amide bonds. The molecule has 2 nitrogen and oxygen atoms in total. The largest absolute Gasteiger partial charge is 0.460 e. The smallest absolute Gasteiger partial charge is 0.309 e. The summed E-state index contributed by atoms with van der Waals surface area (Å²) in [6.07, 6.45) is 7.82. The Bertz CT molecular complexity index is 388. The third-order valence-electron chi connectivity index (χ3n) is 3.31. The van der Waals surface area contributed by atoms with Crippen LogP contribution in [0.5, 0.6) is 0 Å². The van der Waals surface area contributed by atoms with Crippen LogP contribution in [0.15, 0.2) is 22.2 Å². The molecular weight excluding hydrogens is 304 g/mol. The zero-order chi connectivity index (χ0) is 14.6. The molecule has 1 aliphatic rings. The van der Waals surface area contributed by atoms with E-state index in [-0.39, 0.29) is 17.8 Å². The molecule has 0 N–H and O–H groups in total. The van der Waals surface area contributed by atoms with Crippen LogP contribution in [0.25, 0.3) is 0 Å². The second kappa shape index (κ2) is 6.74. The molecule has 0 aromatic heterocycles. The van der Waals surface area contributed by atoms with Gasteiger partial charge in [0.25, 0.3) is 0 Å².